The minimum atomic E-state index is 0.0418. The van der Waals surface area contributed by atoms with Gasteiger partial charge in [0.15, 0.2) is 0 Å². The number of nitrogens with zero attached hydrogens (tertiary/aromatic N) is 2. The number of rotatable bonds is 4. The van der Waals surface area contributed by atoms with Crippen molar-refractivity contribution in [1.82, 2.24) is 4.98 Å². The second-order valence-electron chi connectivity index (χ2n) is 4.51. The Labute approximate surface area is 102 Å². The monoisotopic (exact) mass is 236 g/mol. The van der Waals surface area contributed by atoms with E-state index in [1.165, 1.54) is 0 Å². The van der Waals surface area contributed by atoms with Gasteiger partial charge in [-0.15, -0.1) is 0 Å². The zero-order valence-corrected chi connectivity index (χ0v) is 10.3. The summed E-state index contributed by atoms with van der Waals surface area (Å²) in [6, 6.07) is 4.04. The number of hydrogen-bond acceptors (Lipinski definition) is 4. The lowest BCUT2D eigenvalue weighted by Gasteiger charge is -2.25. The summed E-state index contributed by atoms with van der Waals surface area (Å²) in [5, 5.41) is 18.6. The first-order valence-corrected chi connectivity index (χ1v) is 6.26. The van der Waals surface area contributed by atoms with Crippen LogP contribution < -0.4 is 4.90 Å². The summed E-state index contributed by atoms with van der Waals surface area (Å²) < 4.78 is 0. The molecule has 0 aliphatic carbocycles. The topological polar surface area (TPSA) is 56.6 Å². The maximum atomic E-state index is 9.33. The molecule has 0 aromatic carbocycles. The predicted molar refractivity (Wildman–Crippen MR) is 67.0 cm³/mol. The molecule has 0 radical (unpaired) electrons. The third kappa shape index (κ3) is 2.58. The predicted octanol–water partition coefficient (Wildman–Crippen LogP) is 1.10. The van der Waals surface area contributed by atoms with Gasteiger partial charge in [-0.25, -0.2) is 4.98 Å². The molecule has 0 spiro atoms. The van der Waals surface area contributed by atoms with E-state index < -0.39 is 0 Å². The molecule has 1 saturated heterocycles. The first kappa shape index (κ1) is 12.3. The van der Waals surface area contributed by atoms with Crippen molar-refractivity contribution in [2.75, 3.05) is 18.1 Å². The Balaban J connectivity index is 2.30. The highest BCUT2D eigenvalue weighted by molar-refractivity contribution is 5.45. The van der Waals surface area contributed by atoms with Gasteiger partial charge in [0.1, 0.15) is 5.82 Å². The molecule has 94 valence electrons. The van der Waals surface area contributed by atoms with Crippen molar-refractivity contribution >= 4 is 5.82 Å². The smallest absolute Gasteiger partial charge is 0.129 e. The SMILES string of the molecule is CCc1cc(CO)cc(N2CCCC2CO)n1. The molecule has 4 nitrogen and oxygen atoms in total. The van der Waals surface area contributed by atoms with E-state index in [1.54, 1.807) is 0 Å². The first-order chi connectivity index (χ1) is 8.28. The van der Waals surface area contributed by atoms with Crippen molar-refractivity contribution in [2.45, 2.75) is 38.8 Å². The quantitative estimate of drug-likeness (QED) is 0.822. The van der Waals surface area contributed by atoms with Crippen LogP contribution in [0.3, 0.4) is 0 Å². The van der Waals surface area contributed by atoms with E-state index in [9.17, 15) is 10.2 Å². The number of aliphatic hydroxyl groups is 2. The molecule has 2 rings (SSSR count). The molecule has 0 bridgehead atoms. The summed E-state index contributed by atoms with van der Waals surface area (Å²) in [6.07, 6.45) is 2.97. The number of anilines is 1. The Hall–Kier alpha value is -1.13. The molecule has 1 aromatic heterocycles. The summed E-state index contributed by atoms with van der Waals surface area (Å²) in [4.78, 5) is 6.73. The van der Waals surface area contributed by atoms with Crippen molar-refractivity contribution in [3.63, 3.8) is 0 Å². The summed E-state index contributed by atoms with van der Waals surface area (Å²) in [5.41, 5.74) is 1.89. The van der Waals surface area contributed by atoms with Crippen molar-refractivity contribution in [2.24, 2.45) is 0 Å². The van der Waals surface area contributed by atoms with Gasteiger partial charge in [0.25, 0.3) is 0 Å². The second kappa shape index (κ2) is 5.47. The van der Waals surface area contributed by atoms with Crippen LogP contribution in [0.4, 0.5) is 5.82 Å². The minimum Gasteiger partial charge on any atom is -0.394 e. The fourth-order valence-electron chi connectivity index (χ4n) is 2.38. The number of hydrogen-bond donors (Lipinski definition) is 2. The van der Waals surface area contributed by atoms with Crippen LogP contribution in [0.15, 0.2) is 12.1 Å². The fourth-order valence-corrected chi connectivity index (χ4v) is 2.38. The van der Waals surface area contributed by atoms with Crippen LogP contribution >= 0.6 is 0 Å². The highest BCUT2D eigenvalue weighted by atomic mass is 16.3. The van der Waals surface area contributed by atoms with Crippen LogP contribution in [0.1, 0.15) is 31.0 Å². The molecule has 1 unspecified atom stereocenters. The lowest BCUT2D eigenvalue weighted by Crippen LogP contribution is -2.33. The van der Waals surface area contributed by atoms with Gasteiger partial charge in [-0.2, -0.15) is 0 Å². The molecular weight excluding hydrogens is 216 g/mol. The molecule has 1 atom stereocenters. The molecule has 1 fully saturated rings. The molecule has 17 heavy (non-hydrogen) atoms. The lowest BCUT2D eigenvalue weighted by atomic mass is 10.2. The average Bonchev–Trinajstić information content (AvgIpc) is 2.86. The zero-order chi connectivity index (χ0) is 12.3. The van der Waals surface area contributed by atoms with Gasteiger partial charge < -0.3 is 15.1 Å². The Morgan fingerprint density at radius 3 is 2.88 bits per heavy atom. The van der Waals surface area contributed by atoms with Gasteiger partial charge in [-0.05, 0) is 37.0 Å². The van der Waals surface area contributed by atoms with Crippen molar-refractivity contribution < 1.29 is 10.2 Å². The highest BCUT2D eigenvalue weighted by Crippen LogP contribution is 2.25. The maximum Gasteiger partial charge on any atom is 0.129 e. The fraction of sp³-hybridized carbons (Fsp3) is 0.615. The van der Waals surface area contributed by atoms with E-state index >= 15 is 0 Å². The largest absolute Gasteiger partial charge is 0.394 e. The van der Waals surface area contributed by atoms with E-state index in [0.29, 0.717) is 0 Å². The highest BCUT2D eigenvalue weighted by Gasteiger charge is 2.25. The molecule has 1 aliphatic rings. The molecule has 2 heterocycles. The number of aliphatic hydroxyl groups excluding tert-OH is 2. The van der Waals surface area contributed by atoms with Crippen molar-refractivity contribution in [3.8, 4) is 0 Å². The molecular formula is C13H20N2O2. The molecule has 4 heteroatoms. The van der Waals surface area contributed by atoms with Crippen LogP contribution in [0.5, 0.6) is 0 Å². The van der Waals surface area contributed by atoms with Gasteiger partial charge in [0.05, 0.1) is 19.3 Å². The Bertz CT molecular complexity index is 359. The number of pyridine rings is 1. The van der Waals surface area contributed by atoms with E-state index in [2.05, 4.69) is 16.8 Å². The average molecular weight is 236 g/mol. The molecule has 0 amide bonds. The second-order valence-corrected chi connectivity index (χ2v) is 4.51. The van der Waals surface area contributed by atoms with Crippen LogP contribution in [0.25, 0.3) is 0 Å². The standard InChI is InChI=1S/C13H20N2O2/c1-2-11-6-10(8-16)7-13(14-11)15-5-3-4-12(15)9-17/h6-7,12,16-17H,2-5,8-9H2,1H3. The Morgan fingerprint density at radius 2 is 2.24 bits per heavy atom. The number of aromatic nitrogens is 1. The maximum absolute atomic E-state index is 9.33. The van der Waals surface area contributed by atoms with Gasteiger partial charge in [-0.1, -0.05) is 6.92 Å². The van der Waals surface area contributed by atoms with Crippen LogP contribution in [-0.4, -0.2) is 34.4 Å². The molecule has 2 N–H and O–H groups in total. The van der Waals surface area contributed by atoms with E-state index in [-0.39, 0.29) is 19.3 Å². The molecule has 0 saturated carbocycles. The summed E-state index contributed by atoms with van der Waals surface area (Å²) in [6.45, 7) is 3.21. The zero-order valence-electron chi connectivity index (χ0n) is 10.3. The summed E-state index contributed by atoms with van der Waals surface area (Å²) in [7, 11) is 0. The molecule has 1 aliphatic heterocycles. The summed E-state index contributed by atoms with van der Waals surface area (Å²) >= 11 is 0. The van der Waals surface area contributed by atoms with Gasteiger partial charge in [0, 0.05) is 12.2 Å². The van der Waals surface area contributed by atoms with Gasteiger partial charge in [0.2, 0.25) is 0 Å². The third-order valence-corrected chi connectivity index (χ3v) is 3.35. The van der Waals surface area contributed by atoms with Gasteiger partial charge >= 0.3 is 0 Å². The normalized spacial score (nSPS) is 19.9. The van der Waals surface area contributed by atoms with Crippen molar-refractivity contribution in [3.05, 3.63) is 23.4 Å². The van der Waals surface area contributed by atoms with Crippen LogP contribution in [0, 0.1) is 0 Å². The lowest BCUT2D eigenvalue weighted by molar-refractivity contribution is 0.266. The van der Waals surface area contributed by atoms with Crippen LogP contribution in [0.2, 0.25) is 0 Å². The number of aryl methyl sites for hydroxylation is 1. The van der Waals surface area contributed by atoms with Crippen LogP contribution in [-0.2, 0) is 13.0 Å². The van der Waals surface area contributed by atoms with E-state index in [0.717, 1.165) is 42.9 Å². The molecule has 1 aromatic rings. The van der Waals surface area contributed by atoms with Gasteiger partial charge in [-0.3, -0.25) is 0 Å². The first-order valence-electron chi connectivity index (χ1n) is 6.26. The minimum absolute atomic E-state index is 0.0418. The van der Waals surface area contributed by atoms with Crippen molar-refractivity contribution in [1.29, 1.82) is 0 Å². The summed E-state index contributed by atoms with van der Waals surface area (Å²) in [5.74, 6) is 0.893. The van der Waals surface area contributed by atoms with E-state index in [1.807, 2.05) is 12.1 Å². The third-order valence-electron chi connectivity index (χ3n) is 3.35. The Morgan fingerprint density at radius 1 is 1.41 bits per heavy atom. The van der Waals surface area contributed by atoms with E-state index in [4.69, 9.17) is 0 Å². The Kier molecular flexibility index (Phi) is 3.97.